The molecule has 4 aromatic rings. The second kappa shape index (κ2) is 7.25. The van der Waals surface area contributed by atoms with Crippen LogP contribution in [-0.2, 0) is 0 Å². The molecule has 2 heterocycles. The van der Waals surface area contributed by atoms with Gasteiger partial charge < -0.3 is 9.47 Å². The number of hydrogen-bond acceptors (Lipinski definition) is 5. The molecule has 0 N–H and O–H groups in total. The van der Waals surface area contributed by atoms with Crippen molar-refractivity contribution >= 4 is 0 Å². The Bertz CT molecular complexity index is 963. The van der Waals surface area contributed by atoms with Crippen molar-refractivity contribution in [1.82, 2.24) is 20.0 Å². The molecule has 2 aromatic carbocycles. The van der Waals surface area contributed by atoms with Crippen LogP contribution < -0.4 is 14.3 Å². The van der Waals surface area contributed by atoms with Crippen LogP contribution in [0.2, 0.25) is 0 Å². The number of rotatable bonds is 5. The lowest BCUT2D eigenvalue weighted by Crippen LogP contribution is -2.43. The fraction of sp³-hybridized carbons (Fsp3) is 0.100. The average Bonchev–Trinajstić information content (AvgIpc) is 3.20. The lowest BCUT2D eigenvalue weighted by Gasteiger charge is -2.03. The molecular weight excluding hydrogens is 342 g/mol. The summed E-state index contributed by atoms with van der Waals surface area (Å²) in [5, 5.41) is 9.36. The van der Waals surface area contributed by atoms with Gasteiger partial charge in [0.1, 0.15) is 17.2 Å². The van der Waals surface area contributed by atoms with Crippen LogP contribution in [0.4, 0.5) is 0 Å². The number of ether oxygens (including phenoxy) is 2. The Kier molecular flexibility index (Phi) is 4.49. The standard InChI is InChI=1S/C20H18N5O2/c1-26-18-9-5-16(6-10-18)24-22-20(15-4-3-13-21-14-15)23-25(24)17-7-11-19(27-2)12-8-17/h3-14H,1-2H3/q+1. The first-order valence-corrected chi connectivity index (χ1v) is 8.37. The third kappa shape index (κ3) is 3.35. The van der Waals surface area contributed by atoms with Crippen molar-refractivity contribution in [2.24, 2.45) is 0 Å². The highest BCUT2D eigenvalue weighted by molar-refractivity contribution is 5.51. The molecule has 2 aromatic heterocycles. The fourth-order valence-electron chi connectivity index (χ4n) is 2.66. The number of aromatic nitrogens is 5. The summed E-state index contributed by atoms with van der Waals surface area (Å²) in [5.41, 5.74) is 2.55. The first-order chi connectivity index (χ1) is 13.3. The molecule has 0 atom stereocenters. The Morgan fingerprint density at radius 3 is 2.11 bits per heavy atom. The third-order valence-corrected chi connectivity index (χ3v) is 4.08. The van der Waals surface area contributed by atoms with Gasteiger partial charge in [-0.3, -0.25) is 4.98 Å². The van der Waals surface area contributed by atoms with E-state index in [1.54, 1.807) is 36.2 Å². The van der Waals surface area contributed by atoms with Crippen LogP contribution in [0, 0.1) is 0 Å². The minimum absolute atomic E-state index is 0.578. The van der Waals surface area contributed by atoms with Gasteiger partial charge in [0, 0.05) is 17.2 Å². The van der Waals surface area contributed by atoms with Gasteiger partial charge in [0.25, 0.3) is 0 Å². The van der Waals surface area contributed by atoms with E-state index < -0.39 is 0 Å². The van der Waals surface area contributed by atoms with Crippen molar-refractivity contribution < 1.29 is 14.3 Å². The first kappa shape index (κ1) is 16.7. The van der Waals surface area contributed by atoms with E-state index in [0.717, 1.165) is 28.4 Å². The molecule has 134 valence electrons. The Morgan fingerprint density at radius 2 is 1.52 bits per heavy atom. The second-order valence-electron chi connectivity index (χ2n) is 5.74. The molecule has 0 aliphatic rings. The zero-order valence-corrected chi connectivity index (χ0v) is 15.0. The minimum Gasteiger partial charge on any atom is -0.497 e. The monoisotopic (exact) mass is 360 g/mol. The molecule has 27 heavy (non-hydrogen) atoms. The van der Waals surface area contributed by atoms with Crippen LogP contribution in [0.15, 0.2) is 73.1 Å². The first-order valence-electron chi connectivity index (χ1n) is 8.37. The van der Waals surface area contributed by atoms with Crippen molar-refractivity contribution in [3.05, 3.63) is 73.1 Å². The van der Waals surface area contributed by atoms with E-state index in [0.29, 0.717) is 5.82 Å². The molecule has 4 rings (SSSR count). The zero-order chi connectivity index (χ0) is 18.6. The van der Waals surface area contributed by atoms with E-state index in [4.69, 9.17) is 9.47 Å². The van der Waals surface area contributed by atoms with E-state index in [9.17, 15) is 0 Å². The molecule has 0 aliphatic carbocycles. The summed E-state index contributed by atoms with van der Waals surface area (Å²) in [7, 11) is 3.28. The molecular formula is C20H18N5O2+. The number of methoxy groups -OCH3 is 2. The molecule has 0 amide bonds. The van der Waals surface area contributed by atoms with E-state index in [1.165, 1.54) is 0 Å². The Labute approximate surface area is 156 Å². The van der Waals surface area contributed by atoms with E-state index in [1.807, 2.05) is 60.7 Å². The van der Waals surface area contributed by atoms with Crippen LogP contribution in [0.5, 0.6) is 11.5 Å². The summed E-state index contributed by atoms with van der Waals surface area (Å²) in [5.74, 6) is 2.14. The Hall–Kier alpha value is -3.74. The van der Waals surface area contributed by atoms with Gasteiger partial charge >= 0.3 is 5.82 Å². The number of nitrogens with zero attached hydrogens (tertiary/aromatic N) is 5. The average molecular weight is 360 g/mol. The molecule has 7 heteroatoms. The molecule has 7 nitrogen and oxygen atoms in total. The number of hydrogen-bond donors (Lipinski definition) is 0. The van der Waals surface area contributed by atoms with Gasteiger partial charge in [0.2, 0.25) is 0 Å². The number of pyridine rings is 1. The molecule has 0 saturated carbocycles. The Balaban J connectivity index is 1.85. The van der Waals surface area contributed by atoms with Gasteiger partial charge in [-0.05, 0) is 70.6 Å². The minimum atomic E-state index is 0.578. The third-order valence-electron chi connectivity index (χ3n) is 4.08. The molecule has 0 saturated heterocycles. The van der Waals surface area contributed by atoms with Gasteiger partial charge in [0.15, 0.2) is 5.69 Å². The van der Waals surface area contributed by atoms with Crippen LogP contribution >= 0.6 is 0 Å². The molecule has 0 unspecified atom stereocenters. The van der Waals surface area contributed by atoms with E-state index in [-0.39, 0.29) is 0 Å². The smallest absolute Gasteiger partial charge is 0.341 e. The van der Waals surface area contributed by atoms with Crippen LogP contribution in [0.25, 0.3) is 22.8 Å². The summed E-state index contributed by atoms with van der Waals surface area (Å²) in [6, 6.07) is 19.1. The van der Waals surface area contributed by atoms with Crippen molar-refractivity contribution in [2.75, 3.05) is 14.2 Å². The maximum Gasteiger partial charge on any atom is 0.341 e. The maximum absolute atomic E-state index is 5.25. The van der Waals surface area contributed by atoms with Gasteiger partial charge in [-0.25, -0.2) is 0 Å². The van der Waals surface area contributed by atoms with Crippen LogP contribution in [-0.4, -0.2) is 34.2 Å². The number of tetrazole rings is 1. The van der Waals surface area contributed by atoms with Crippen molar-refractivity contribution in [3.63, 3.8) is 0 Å². The topological polar surface area (TPSA) is 65.9 Å². The van der Waals surface area contributed by atoms with Gasteiger partial charge in [0.05, 0.1) is 24.9 Å². The van der Waals surface area contributed by atoms with Gasteiger partial charge in [-0.2, -0.15) is 0 Å². The van der Waals surface area contributed by atoms with Gasteiger partial charge in [-0.1, -0.05) is 0 Å². The highest BCUT2D eigenvalue weighted by atomic mass is 16.5. The lowest BCUT2D eigenvalue weighted by molar-refractivity contribution is -0.734. The summed E-state index contributed by atoms with van der Waals surface area (Å²) in [6.45, 7) is 0. The quantitative estimate of drug-likeness (QED) is 0.512. The predicted molar refractivity (Wildman–Crippen MR) is 99.2 cm³/mol. The summed E-state index contributed by atoms with van der Waals surface area (Å²) < 4.78 is 10.5. The van der Waals surface area contributed by atoms with Crippen molar-refractivity contribution in [2.45, 2.75) is 0 Å². The SMILES string of the molecule is COc1ccc(-n2nc(-c3cccnc3)n[n+]2-c2ccc(OC)cc2)cc1. The molecule has 0 fully saturated rings. The molecule has 0 spiro atoms. The fourth-order valence-corrected chi connectivity index (χ4v) is 2.66. The van der Waals surface area contributed by atoms with E-state index in [2.05, 4.69) is 15.2 Å². The maximum atomic E-state index is 5.25. The highest BCUT2D eigenvalue weighted by Crippen LogP contribution is 2.17. The summed E-state index contributed by atoms with van der Waals surface area (Å²) in [6.07, 6.45) is 3.47. The molecule has 0 radical (unpaired) electrons. The van der Waals surface area contributed by atoms with E-state index >= 15 is 0 Å². The number of benzene rings is 2. The van der Waals surface area contributed by atoms with Crippen molar-refractivity contribution in [3.8, 4) is 34.3 Å². The molecule has 0 bridgehead atoms. The lowest BCUT2D eigenvalue weighted by atomic mass is 10.3. The van der Waals surface area contributed by atoms with Crippen LogP contribution in [0.3, 0.4) is 0 Å². The largest absolute Gasteiger partial charge is 0.497 e. The highest BCUT2D eigenvalue weighted by Gasteiger charge is 2.23. The normalized spacial score (nSPS) is 10.6. The van der Waals surface area contributed by atoms with Crippen LogP contribution in [0.1, 0.15) is 0 Å². The predicted octanol–water partition coefficient (Wildman–Crippen LogP) is 2.62. The zero-order valence-electron chi connectivity index (χ0n) is 15.0. The van der Waals surface area contributed by atoms with Crippen molar-refractivity contribution in [1.29, 1.82) is 0 Å². The Morgan fingerprint density at radius 1 is 0.852 bits per heavy atom. The summed E-state index contributed by atoms with van der Waals surface area (Å²) >= 11 is 0. The summed E-state index contributed by atoms with van der Waals surface area (Å²) in [4.78, 5) is 7.64. The van der Waals surface area contributed by atoms with Gasteiger partial charge in [-0.15, -0.1) is 0 Å². The molecule has 0 aliphatic heterocycles. The second-order valence-corrected chi connectivity index (χ2v) is 5.74.